The second kappa shape index (κ2) is 15.1. The van der Waals surface area contributed by atoms with Crippen LogP contribution in [0.1, 0.15) is 51.4 Å². The van der Waals surface area contributed by atoms with Gasteiger partial charge in [0.2, 0.25) is 0 Å². The van der Waals surface area contributed by atoms with Crippen LogP contribution in [0.2, 0.25) is 0 Å². The third-order valence-corrected chi connectivity index (χ3v) is 4.74. The highest BCUT2D eigenvalue weighted by molar-refractivity contribution is 6.17. The average molecular weight is 375 g/mol. The van der Waals surface area contributed by atoms with Gasteiger partial charge in [-0.3, -0.25) is 0 Å². The van der Waals surface area contributed by atoms with Crippen LogP contribution in [0.5, 0.6) is 0 Å². The lowest BCUT2D eigenvalue weighted by molar-refractivity contribution is 0.112. The molecule has 0 saturated carbocycles. The van der Waals surface area contributed by atoms with Gasteiger partial charge in [0.25, 0.3) is 0 Å². The Morgan fingerprint density at radius 3 is 1.40 bits per heavy atom. The number of ether oxygens (including phenoxy) is 4. The summed E-state index contributed by atoms with van der Waals surface area (Å²) < 4.78 is 32.2. The number of hydrogen-bond donors (Lipinski definition) is 0. The highest BCUT2D eigenvalue weighted by atomic mass is 28.3. The second-order valence-electron chi connectivity index (χ2n) is 6.67. The van der Waals surface area contributed by atoms with Crippen molar-refractivity contribution in [3.05, 3.63) is 0 Å². The maximum atomic E-state index is 5.51. The van der Waals surface area contributed by atoms with Crippen LogP contribution in [-0.2, 0) is 27.8 Å². The van der Waals surface area contributed by atoms with E-state index < -0.39 is 0 Å². The van der Waals surface area contributed by atoms with Gasteiger partial charge in [-0.2, -0.15) is 0 Å². The van der Waals surface area contributed by atoms with Gasteiger partial charge in [-0.15, -0.1) is 0 Å². The summed E-state index contributed by atoms with van der Waals surface area (Å²) in [6, 6.07) is 0. The summed E-state index contributed by atoms with van der Waals surface area (Å²) in [6.45, 7) is 6.61. The summed E-state index contributed by atoms with van der Waals surface area (Å²) in [5.74, 6) is 0. The molecule has 2 unspecified atom stereocenters. The normalized spacial score (nSPS) is 21.6. The van der Waals surface area contributed by atoms with Crippen molar-refractivity contribution >= 4 is 10.0 Å². The molecule has 2 radical (unpaired) electrons. The molecule has 2 rings (SSSR count). The highest BCUT2D eigenvalue weighted by Gasteiger charge is 2.22. The molecule has 2 saturated heterocycles. The molecule has 2 fully saturated rings. The van der Waals surface area contributed by atoms with E-state index in [1.54, 1.807) is 0 Å². The van der Waals surface area contributed by atoms with E-state index in [1.807, 2.05) is 0 Å². The molecule has 0 N–H and O–H groups in total. The molecule has 7 heteroatoms. The number of hydrogen-bond acceptors (Lipinski definition) is 6. The monoisotopic (exact) mass is 374 g/mol. The van der Waals surface area contributed by atoms with Crippen LogP contribution in [0, 0.1) is 0 Å². The van der Waals surface area contributed by atoms with Gasteiger partial charge in [-0.1, -0.05) is 25.7 Å². The molecule has 0 bridgehead atoms. The molecular weight excluding hydrogens is 340 g/mol. The van der Waals surface area contributed by atoms with Crippen LogP contribution in [0.4, 0.5) is 0 Å². The quantitative estimate of drug-likeness (QED) is 0.185. The predicted octanol–water partition coefficient (Wildman–Crippen LogP) is 2.51. The largest absolute Gasteiger partial charge is 0.433 e. The minimum atomic E-state index is 0.187. The molecule has 0 aromatic heterocycles. The summed E-state index contributed by atoms with van der Waals surface area (Å²) >= 11 is 0. The van der Waals surface area contributed by atoms with E-state index in [4.69, 9.17) is 27.8 Å². The standard InChI is InChI=1S/C18H34O6Si/c1(5-9-19-13-17-15-21-17)3-7-11-23-25-24-12-8-4-2-6-10-20-14-18-16-22-18/h17-18H,1-16H2. The molecular formula is C18H34O6Si. The molecule has 6 nitrogen and oxygen atoms in total. The highest BCUT2D eigenvalue weighted by Crippen LogP contribution is 2.10. The van der Waals surface area contributed by atoms with Crippen molar-refractivity contribution in [2.24, 2.45) is 0 Å². The Morgan fingerprint density at radius 2 is 1.00 bits per heavy atom. The van der Waals surface area contributed by atoms with E-state index in [-0.39, 0.29) is 10.0 Å². The van der Waals surface area contributed by atoms with Crippen LogP contribution in [0.3, 0.4) is 0 Å². The zero-order valence-corrected chi connectivity index (χ0v) is 16.4. The summed E-state index contributed by atoms with van der Waals surface area (Å²) in [5, 5.41) is 0. The predicted molar refractivity (Wildman–Crippen MR) is 95.7 cm³/mol. The van der Waals surface area contributed by atoms with Crippen LogP contribution in [0.25, 0.3) is 0 Å². The minimum Gasteiger partial charge on any atom is -0.393 e. The van der Waals surface area contributed by atoms with Crippen molar-refractivity contribution in [1.29, 1.82) is 0 Å². The summed E-state index contributed by atoms with van der Waals surface area (Å²) in [6.07, 6.45) is 10.0. The maximum Gasteiger partial charge on any atom is 0.433 e. The summed E-state index contributed by atoms with van der Waals surface area (Å²) in [5.41, 5.74) is 0. The van der Waals surface area contributed by atoms with Gasteiger partial charge in [-0.05, 0) is 25.7 Å². The summed E-state index contributed by atoms with van der Waals surface area (Å²) in [7, 11) is 0.187. The average Bonchev–Trinajstić information content (AvgIpc) is 3.52. The van der Waals surface area contributed by atoms with Crippen LogP contribution < -0.4 is 0 Å². The van der Waals surface area contributed by atoms with Crippen LogP contribution in [-0.4, -0.2) is 75.1 Å². The zero-order chi connectivity index (χ0) is 17.4. The Balaban J connectivity index is 1.14. The van der Waals surface area contributed by atoms with Crippen molar-refractivity contribution < 1.29 is 27.8 Å². The topological polar surface area (TPSA) is 62.0 Å². The van der Waals surface area contributed by atoms with Gasteiger partial charge < -0.3 is 27.8 Å². The lowest BCUT2D eigenvalue weighted by atomic mass is 10.2. The first kappa shape index (κ1) is 21.3. The van der Waals surface area contributed by atoms with Crippen LogP contribution >= 0.6 is 0 Å². The number of unbranched alkanes of at least 4 members (excludes halogenated alkanes) is 6. The van der Waals surface area contributed by atoms with Crippen molar-refractivity contribution in [3.8, 4) is 0 Å². The van der Waals surface area contributed by atoms with Crippen LogP contribution in [0.15, 0.2) is 0 Å². The van der Waals surface area contributed by atoms with Gasteiger partial charge in [0.05, 0.1) is 26.4 Å². The Morgan fingerprint density at radius 1 is 0.600 bits per heavy atom. The number of rotatable bonds is 20. The fourth-order valence-electron chi connectivity index (χ4n) is 2.35. The third-order valence-electron chi connectivity index (χ3n) is 4.10. The second-order valence-corrected chi connectivity index (χ2v) is 7.41. The number of epoxide rings is 2. The first-order valence-electron chi connectivity index (χ1n) is 9.82. The molecule has 146 valence electrons. The van der Waals surface area contributed by atoms with E-state index >= 15 is 0 Å². The minimum absolute atomic E-state index is 0.187. The third kappa shape index (κ3) is 14.8. The Labute approximate surface area is 154 Å². The molecule has 2 aliphatic rings. The molecule has 25 heavy (non-hydrogen) atoms. The molecule has 0 spiro atoms. The molecule has 0 aliphatic carbocycles. The molecule has 0 aromatic carbocycles. The lowest BCUT2D eigenvalue weighted by Gasteiger charge is -2.05. The Hall–Kier alpha value is -0.0231. The first-order chi connectivity index (χ1) is 12.4. The Bertz CT molecular complexity index is 271. The SMILES string of the molecule is C(CCCO[Si]OCCCCCCOCC1CO1)CCOCC1CO1. The van der Waals surface area contributed by atoms with Gasteiger partial charge in [0.15, 0.2) is 0 Å². The van der Waals surface area contributed by atoms with Gasteiger partial charge in [-0.25, -0.2) is 0 Å². The molecule has 0 amide bonds. The van der Waals surface area contributed by atoms with Crippen molar-refractivity contribution in [2.75, 3.05) is 52.9 Å². The van der Waals surface area contributed by atoms with Crippen molar-refractivity contribution in [2.45, 2.75) is 63.6 Å². The zero-order valence-electron chi connectivity index (χ0n) is 15.4. The van der Waals surface area contributed by atoms with E-state index in [9.17, 15) is 0 Å². The van der Waals surface area contributed by atoms with Gasteiger partial charge in [0, 0.05) is 26.4 Å². The molecule has 0 aromatic rings. The van der Waals surface area contributed by atoms with Crippen molar-refractivity contribution in [1.82, 2.24) is 0 Å². The Kier molecular flexibility index (Phi) is 12.8. The van der Waals surface area contributed by atoms with E-state index in [1.165, 1.54) is 25.7 Å². The van der Waals surface area contributed by atoms with E-state index in [0.29, 0.717) is 12.2 Å². The maximum absolute atomic E-state index is 5.51. The fraction of sp³-hybridized carbons (Fsp3) is 1.00. The lowest BCUT2D eigenvalue weighted by Crippen LogP contribution is -2.07. The smallest absolute Gasteiger partial charge is 0.393 e. The first-order valence-corrected chi connectivity index (χ1v) is 10.6. The molecule has 2 heterocycles. The van der Waals surface area contributed by atoms with E-state index in [0.717, 1.165) is 78.5 Å². The molecule has 2 atom stereocenters. The van der Waals surface area contributed by atoms with Gasteiger partial charge in [0.1, 0.15) is 12.2 Å². The fourth-order valence-corrected chi connectivity index (χ4v) is 2.89. The van der Waals surface area contributed by atoms with Crippen molar-refractivity contribution in [3.63, 3.8) is 0 Å². The summed E-state index contributed by atoms with van der Waals surface area (Å²) in [4.78, 5) is 0. The molecule has 2 aliphatic heterocycles. The van der Waals surface area contributed by atoms with Gasteiger partial charge >= 0.3 is 10.0 Å². The van der Waals surface area contributed by atoms with E-state index in [2.05, 4.69) is 0 Å².